The van der Waals surface area contributed by atoms with Gasteiger partial charge in [-0.2, -0.15) is 0 Å². The molecule has 1 aliphatic heterocycles. The van der Waals surface area contributed by atoms with Gasteiger partial charge in [0.05, 0.1) is 12.1 Å². The Morgan fingerprint density at radius 2 is 1.93 bits per heavy atom. The Morgan fingerprint density at radius 1 is 1.15 bits per heavy atom. The summed E-state index contributed by atoms with van der Waals surface area (Å²) in [6.07, 6.45) is 3.88. The van der Waals surface area contributed by atoms with Gasteiger partial charge in [0.15, 0.2) is 0 Å². The average molecular weight is 373 g/mol. The maximum atomic E-state index is 13.8. The molecule has 6 heteroatoms. The molecule has 0 spiro atoms. The Bertz CT molecular complexity index is 741. The molecule has 3 rings (SSSR count). The number of furan rings is 1. The van der Waals surface area contributed by atoms with Crippen molar-refractivity contribution in [3.8, 4) is 11.3 Å². The first-order valence-electron chi connectivity index (χ1n) is 9.69. The van der Waals surface area contributed by atoms with E-state index in [2.05, 4.69) is 22.5 Å². The summed E-state index contributed by atoms with van der Waals surface area (Å²) in [6, 6.07) is 9.72. The lowest BCUT2D eigenvalue weighted by Gasteiger charge is -2.29. The highest BCUT2D eigenvalue weighted by atomic mass is 19.1. The van der Waals surface area contributed by atoms with Gasteiger partial charge in [0.2, 0.25) is 0 Å². The van der Waals surface area contributed by atoms with Crippen molar-refractivity contribution >= 4 is 6.03 Å². The van der Waals surface area contributed by atoms with E-state index in [1.54, 1.807) is 30.3 Å². The number of halogens is 1. The fraction of sp³-hybridized carbons (Fsp3) is 0.476. The fourth-order valence-corrected chi connectivity index (χ4v) is 3.42. The molecule has 1 atom stereocenters. The monoisotopic (exact) mass is 373 g/mol. The van der Waals surface area contributed by atoms with E-state index in [1.165, 1.54) is 38.4 Å². The van der Waals surface area contributed by atoms with Gasteiger partial charge >= 0.3 is 6.03 Å². The minimum atomic E-state index is -0.327. The summed E-state index contributed by atoms with van der Waals surface area (Å²) in [5.74, 6) is 1.13. The van der Waals surface area contributed by atoms with Crippen LogP contribution < -0.4 is 10.6 Å². The SMILES string of the molecule is C[C@H](CNC(=O)NCc1ccc(-c2ccccc2F)o1)CN1CCCCC1. The van der Waals surface area contributed by atoms with Gasteiger partial charge in [-0.1, -0.05) is 25.5 Å². The van der Waals surface area contributed by atoms with E-state index in [9.17, 15) is 9.18 Å². The number of rotatable bonds is 7. The Balaban J connectivity index is 1.40. The van der Waals surface area contributed by atoms with Gasteiger partial charge < -0.3 is 20.0 Å². The number of likely N-dealkylation sites (tertiary alicyclic amines) is 1. The van der Waals surface area contributed by atoms with Crippen LogP contribution in [0.5, 0.6) is 0 Å². The van der Waals surface area contributed by atoms with Crippen molar-refractivity contribution in [1.82, 2.24) is 15.5 Å². The van der Waals surface area contributed by atoms with E-state index in [4.69, 9.17) is 4.42 Å². The minimum Gasteiger partial charge on any atom is -0.459 e. The lowest BCUT2D eigenvalue weighted by molar-refractivity contribution is 0.197. The van der Waals surface area contributed by atoms with Crippen LogP contribution in [0, 0.1) is 11.7 Å². The van der Waals surface area contributed by atoms with Gasteiger partial charge in [0.1, 0.15) is 17.3 Å². The van der Waals surface area contributed by atoms with E-state index < -0.39 is 0 Å². The van der Waals surface area contributed by atoms with Gasteiger partial charge in [0, 0.05) is 13.1 Å². The zero-order chi connectivity index (χ0) is 19.1. The molecule has 0 unspecified atom stereocenters. The van der Waals surface area contributed by atoms with Crippen molar-refractivity contribution in [2.24, 2.45) is 5.92 Å². The summed E-state index contributed by atoms with van der Waals surface area (Å²) in [6.45, 7) is 6.41. The number of hydrogen-bond acceptors (Lipinski definition) is 3. The van der Waals surface area contributed by atoms with Gasteiger partial charge in [-0.15, -0.1) is 0 Å². The van der Waals surface area contributed by atoms with Gasteiger partial charge in [-0.05, 0) is 56.1 Å². The second-order valence-electron chi connectivity index (χ2n) is 7.28. The zero-order valence-electron chi connectivity index (χ0n) is 15.8. The number of nitrogens with one attached hydrogen (secondary N) is 2. The number of piperidine rings is 1. The molecule has 1 saturated heterocycles. The number of amides is 2. The van der Waals surface area contributed by atoms with E-state index in [0.29, 0.717) is 29.5 Å². The molecule has 1 aliphatic rings. The Morgan fingerprint density at radius 3 is 2.70 bits per heavy atom. The molecule has 2 aromatic rings. The van der Waals surface area contributed by atoms with Crippen molar-refractivity contribution in [3.05, 3.63) is 48.0 Å². The van der Waals surface area contributed by atoms with Gasteiger partial charge in [-0.25, -0.2) is 9.18 Å². The van der Waals surface area contributed by atoms with Crippen molar-refractivity contribution in [2.45, 2.75) is 32.7 Å². The Hall–Kier alpha value is -2.34. The first kappa shape index (κ1) is 19.4. The number of carbonyl (C=O) groups is 1. The summed E-state index contributed by atoms with van der Waals surface area (Å²) < 4.78 is 19.4. The first-order chi connectivity index (χ1) is 13.1. The van der Waals surface area contributed by atoms with Crippen LogP contribution >= 0.6 is 0 Å². The molecule has 0 bridgehead atoms. The van der Waals surface area contributed by atoms with E-state index in [1.807, 2.05) is 0 Å². The molecule has 0 radical (unpaired) electrons. The molecule has 2 heterocycles. The minimum absolute atomic E-state index is 0.218. The largest absolute Gasteiger partial charge is 0.459 e. The average Bonchev–Trinajstić information content (AvgIpc) is 3.15. The highest BCUT2D eigenvalue weighted by Crippen LogP contribution is 2.24. The molecule has 0 saturated carbocycles. The summed E-state index contributed by atoms with van der Waals surface area (Å²) in [4.78, 5) is 14.5. The third kappa shape index (κ3) is 5.82. The number of carbonyl (C=O) groups excluding carboxylic acids is 1. The Labute approximate surface area is 159 Å². The predicted octanol–water partition coefficient (Wildman–Crippen LogP) is 4.01. The quantitative estimate of drug-likeness (QED) is 0.771. The summed E-state index contributed by atoms with van der Waals surface area (Å²) in [5.41, 5.74) is 0.416. The lowest BCUT2D eigenvalue weighted by atomic mass is 10.1. The fourth-order valence-electron chi connectivity index (χ4n) is 3.42. The summed E-state index contributed by atoms with van der Waals surface area (Å²) in [7, 11) is 0. The van der Waals surface area contributed by atoms with Crippen LogP contribution in [0.2, 0.25) is 0 Å². The number of urea groups is 1. The molecule has 1 aromatic heterocycles. The van der Waals surface area contributed by atoms with Crippen LogP contribution in [0.15, 0.2) is 40.8 Å². The molecular weight excluding hydrogens is 345 g/mol. The number of benzene rings is 1. The molecule has 0 aliphatic carbocycles. The predicted molar refractivity (Wildman–Crippen MR) is 104 cm³/mol. The molecule has 1 aromatic carbocycles. The molecule has 27 heavy (non-hydrogen) atoms. The van der Waals surface area contributed by atoms with Crippen LogP contribution in [0.1, 0.15) is 31.9 Å². The Kier molecular flexibility index (Phi) is 6.87. The second-order valence-corrected chi connectivity index (χ2v) is 7.28. The molecule has 1 fully saturated rings. The van der Waals surface area contributed by atoms with Gasteiger partial charge in [-0.3, -0.25) is 0 Å². The lowest BCUT2D eigenvalue weighted by Crippen LogP contribution is -2.41. The molecule has 5 nitrogen and oxygen atoms in total. The highest BCUT2D eigenvalue weighted by molar-refractivity contribution is 5.73. The van der Waals surface area contributed by atoms with Crippen molar-refractivity contribution < 1.29 is 13.6 Å². The van der Waals surface area contributed by atoms with Crippen LogP contribution in [0.3, 0.4) is 0 Å². The molecule has 2 N–H and O–H groups in total. The standard InChI is InChI=1S/C21H28FN3O2/c1-16(15-25-11-5-2-6-12-25)13-23-21(26)24-14-17-9-10-20(27-17)18-7-3-4-8-19(18)22/h3-4,7-10,16H,2,5-6,11-15H2,1H3,(H2,23,24,26)/t16-/m1/s1. The summed E-state index contributed by atoms with van der Waals surface area (Å²) in [5, 5.41) is 5.70. The topological polar surface area (TPSA) is 57.5 Å². The van der Waals surface area contributed by atoms with E-state index >= 15 is 0 Å². The van der Waals surface area contributed by atoms with Crippen LogP contribution in [0.4, 0.5) is 9.18 Å². The van der Waals surface area contributed by atoms with E-state index in [-0.39, 0.29) is 18.4 Å². The zero-order valence-corrected chi connectivity index (χ0v) is 15.8. The summed E-state index contributed by atoms with van der Waals surface area (Å²) >= 11 is 0. The maximum Gasteiger partial charge on any atom is 0.315 e. The first-order valence-corrected chi connectivity index (χ1v) is 9.69. The van der Waals surface area contributed by atoms with Crippen molar-refractivity contribution in [1.29, 1.82) is 0 Å². The highest BCUT2D eigenvalue weighted by Gasteiger charge is 2.14. The van der Waals surface area contributed by atoms with Crippen LogP contribution in [-0.4, -0.2) is 37.1 Å². The van der Waals surface area contributed by atoms with Gasteiger partial charge in [0.25, 0.3) is 0 Å². The number of nitrogens with zero attached hydrogens (tertiary/aromatic N) is 1. The third-order valence-corrected chi connectivity index (χ3v) is 4.85. The smallest absolute Gasteiger partial charge is 0.315 e. The normalized spacial score (nSPS) is 16.1. The third-order valence-electron chi connectivity index (χ3n) is 4.85. The number of hydrogen-bond donors (Lipinski definition) is 2. The maximum absolute atomic E-state index is 13.8. The van der Waals surface area contributed by atoms with E-state index in [0.717, 1.165) is 6.54 Å². The molecular formula is C21H28FN3O2. The van der Waals surface area contributed by atoms with Crippen molar-refractivity contribution in [2.75, 3.05) is 26.2 Å². The van der Waals surface area contributed by atoms with Crippen LogP contribution in [-0.2, 0) is 6.54 Å². The second kappa shape index (κ2) is 9.55. The molecule has 2 amide bonds. The van der Waals surface area contributed by atoms with Crippen molar-refractivity contribution in [3.63, 3.8) is 0 Å². The van der Waals surface area contributed by atoms with Crippen LogP contribution in [0.25, 0.3) is 11.3 Å². The molecule has 146 valence electrons.